The normalized spacial score (nSPS) is 19.6. The number of nitrogens with zero attached hydrogens (tertiary/aromatic N) is 1. The number of nitrogens with one attached hydrogen (secondary N) is 1. The molecule has 4 nitrogen and oxygen atoms in total. The van der Waals surface area contributed by atoms with Crippen molar-refractivity contribution in [2.45, 2.75) is 18.9 Å². The molecule has 0 aliphatic carbocycles. The lowest BCUT2D eigenvalue weighted by Gasteiger charge is -2.15. The molecule has 2 rings (SSSR count). The molecule has 1 heterocycles. The minimum absolute atomic E-state index is 0.0177. The summed E-state index contributed by atoms with van der Waals surface area (Å²) in [5.41, 5.74) is 3.35. The molecular weight excluding hydrogens is 216 g/mol. The summed E-state index contributed by atoms with van der Waals surface area (Å²) in [5.74, 6) is 0.0478. The number of amides is 1. The Balaban J connectivity index is 1.78. The van der Waals surface area contributed by atoms with Crippen LogP contribution in [0.2, 0.25) is 0 Å². The van der Waals surface area contributed by atoms with Crippen molar-refractivity contribution in [2.75, 3.05) is 13.1 Å². The molecule has 91 valence electrons. The molecule has 1 aromatic carbocycles. The van der Waals surface area contributed by atoms with Crippen LogP contribution in [-0.2, 0) is 11.2 Å². The number of hydroxylamine groups is 1. The monoisotopic (exact) mass is 233 g/mol. The Morgan fingerprint density at radius 1 is 1.47 bits per heavy atom. The Morgan fingerprint density at radius 2 is 2.24 bits per heavy atom. The Bertz CT molecular complexity index is 367. The zero-order chi connectivity index (χ0) is 12.1. The van der Waals surface area contributed by atoms with E-state index >= 15 is 0 Å². The van der Waals surface area contributed by atoms with Crippen LogP contribution in [0.25, 0.3) is 0 Å². The molecule has 2 N–H and O–H groups in total. The second kappa shape index (κ2) is 5.80. The van der Waals surface area contributed by atoms with Crippen molar-refractivity contribution in [1.29, 1.82) is 0 Å². The van der Waals surface area contributed by atoms with Gasteiger partial charge >= 0.3 is 0 Å². The molecule has 1 aromatic rings. The van der Waals surface area contributed by atoms with Gasteiger partial charge in [0.15, 0.2) is 0 Å². The van der Waals surface area contributed by atoms with Crippen LogP contribution in [0.4, 0.5) is 0 Å². The lowest BCUT2D eigenvalue weighted by molar-refractivity contribution is -0.126. The van der Waals surface area contributed by atoms with Crippen molar-refractivity contribution in [3.8, 4) is 0 Å². The lowest BCUT2D eigenvalue weighted by Crippen LogP contribution is -2.34. The third kappa shape index (κ3) is 3.28. The van der Waals surface area contributed by atoms with Gasteiger partial charge in [-0.05, 0) is 18.4 Å². The standard InChI is InChI=1S/C13H17N2O2/c16-13(15-9-8-12(10-15)14-17)7-6-11-4-2-1-3-5-11/h1-5,7,12,14,17H,6,8-10H2. The van der Waals surface area contributed by atoms with E-state index in [-0.39, 0.29) is 11.9 Å². The highest BCUT2D eigenvalue weighted by Crippen LogP contribution is 2.11. The zero-order valence-electron chi connectivity index (χ0n) is 9.67. The van der Waals surface area contributed by atoms with E-state index in [1.54, 1.807) is 11.3 Å². The third-order valence-electron chi connectivity index (χ3n) is 3.04. The highest BCUT2D eigenvalue weighted by molar-refractivity contribution is 5.85. The van der Waals surface area contributed by atoms with Gasteiger partial charge in [0.2, 0.25) is 5.91 Å². The second-order valence-corrected chi connectivity index (χ2v) is 4.29. The predicted molar refractivity (Wildman–Crippen MR) is 64.4 cm³/mol. The highest BCUT2D eigenvalue weighted by atomic mass is 16.5. The van der Waals surface area contributed by atoms with Crippen LogP contribution in [0.3, 0.4) is 0 Å². The molecule has 4 heteroatoms. The molecule has 1 atom stereocenters. The Labute approximate surface area is 101 Å². The fourth-order valence-electron chi connectivity index (χ4n) is 2.01. The molecule has 0 aromatic heterocycles. The minimum Gasteiger partial charge on any atom is -0.341 e. The predicted octanol–water partition coefficient (Wildman–Crippen LogP) is 1.01. The molecule has 1 amide bonds. The largest absolute Gasteiger partial charge is 0.341 e. The van der Waals surface area contributed by atoms with Crippen molar-refractivity contribution < 1.29 is 10.0 Å². The van der Waals surface area contributed by atoms with E-state index in [2.05, 4.69) is 5.48 Å². The second-order valence-electron chi connectivity index (χ2n) is 4.29. The quantitative estimate of drug-likeness (QED) is 0.763. The molecule has 1 fully saturated rings. The van der Waals surface area contributed by atoms with E-state index in [0.29, 0.717) is 19.5 Å². The van der Waals surface area contributed by atoms with Gasteiger partial charge in [0.25, 0.3) is 0 Å². The molecule has 17 heavy (non-hydrogen) atoms. The summed E-state index contributed by atoms with van der Waals surface area (Å²) in [5, 5.41) is 8.78. The minimum atomic E-state index is 0.0177. The van der Waals surface area contributed by atoms with E-state index in [0.717, 1.165) is 12.0 Å². The van der Waals surface area contributed by atoms with Crippen molar-refractivity contribution in [2.24, 2.45) is 0 Å². The summed E-state index contributed by atoms with van der Waals surface area (Å²) in [6, 6.07) is 9.93. The van der Waals surface area contributed by atoms with Gasteiger partial charge in [0.05, 0.1) is 12.5 Å². The number of benzene rings is 1. The zero-order valence-corrected chi connectivity index (χ0v) is 9.67. The van der Waals surface area contributed by atoms with Crippen molar-refractivity contribution in [1.82, 2.24) is 10.4 Å². The molecule has 1 unspecified atom stereocenters. The number of rotatable bonds is 4. The van der Waals surface area contributed by atoms with Gasteiger partial charge in [-0.25, -0.2) is 5.48 Å². The van der Waals surface area contributed by atoms with E-state index in [4.69, 9.17) is 5.21 Å². The first-order chi connectivity index (χ1) is 8.29. The maximum absolute atomic E-state index is 11.8. The van der Waals surface area contributed by atoms with Crippen molar-refractivity contribution in [3.05, 3.63) is 42.3 Å². The van der Waals surface area contributed by atoms with Crippen LogP contribution < -0.4 is 5.48 Å². The van der Waals surface area contributed by atoms with E-state index in [9.17, 15) is 4.79 Å². The van der Waals surface area contributed by atoms with Gasteiger partial charge in [-0.3, -0.25) is 4.79 Å². The Hall–Kier alpha value is -1.39. The van der Waals surface area contributed by atoms with Gasteiger partial charge in [0.1, 0.15) is 0 Å². The fraction of sp³-hybridized carbons (Fsp3) is 0.385. The van der Waals surface area contributed by atoms with Crippen LogP contribution in [0, 0.1) is 6.42 Å². The molecule has 0 saturated carbocycles. The topological polar surface area (TPSA) is 52.6 Å². The van der Waals surface area contributed by atoms with Crippen LogP contribution >= 0.6 is 0 Å². The number of carbonyl (C=O) groups excluding carboxylic acids is 1. The van der Waals surface area contributed by atoms with Gasteiger partial charge in [-0.1, -0.05) is 30.3 Å². The number of likely N-dealkylation sites (tertiary alicyclic amines) is 1. The molecular formula is C13H17N2O2. The maximum Gasteiger partial charge on any atom is 0.226 e. The summed E-state index contributed by atoms with van der Waals surface area (Å²) in [4.78, 5) is 13.6. The van der Waals surface area contributed by atoms with Crippen LogP contribution in [-0.4, -0.2) is 35.1 Å². The first-order valence-corrected chi connectivity index (χ1v) is 5.85. The van der Waals surface area contributed by atoms with Crippen LogP contribution in [0.5, 0.6) is 0 Å². The first kappa shape index (κ1) is 12.1. The Morgan fingerprint density at radius 3 is 2.88 bits per heavy atom. The SMILES string of the molecule is O=C([CH]Cc1ccccc1)N1CCC(NO)C1. The summed E-state index contributed by atoms with van der Waals surface area (Å²) in [6.07, 6.45) is 3.17. The summed E-state index contributed by atoms with van der Waals surface area (Å²) in [7, 11) is 0. The molecule has 0 bridgehead atoms. The van der Waals surface area contributed by atoms with Crippen LogP contribution in [0.1, 0.15) is 12.0 Å². The lowest BCUT2D eigenvalue weighted by atomic mass is 10.1. The van der Waals surface area contributed by atoms with Gasteiger partial charge in [0, 0.05) is 13.1 Å². The number of carbonyl (C=O) groups is 1. The first-order valence-electron chi connectivity index (χ1n) is 5.85. The van der Waals surface area contributed by atoms with Crippen LogP contribution in [0.15, 0.2) is 30.3 Å². The third-order valence-corrected chi connectivity index (χ3v) is 3.04. The summed E-state index contributed by atoms with van der Waals surface area (Å²) < 4.78 is 0. The van der Waals surface area contributed by atoms with E-state index < -0.39 is 0 Å². The smallest absolute Gasteiger partial charge is 0.226 e. The molecule has 1 radical (unpaired) electrons. The van der Waals surface area contributed by atoms with Crippen molar-refractivity contribution >= 4 is 5.91 Å². The molecule has 1 aliphatic rings. The van der Waals surface area contributed by atoms with Gasteiger partial charge < -0.3 is 10.1 Å². The van der Waals surface area contributed by atoms with E-state index in [1.807, 2.05) is 30.3 Å². The summed E-state index contributed by atoms with van der Waals surface area (Å²) in [6.45, 7) is 1.29. The van der Waals surface area contributed by atoms with Gasteiger partial charge in [-0.15, -0.1) is 0 Å². The van der Waals surface area contributed by atoms with Gasteiger partial charge in [-0.2, -0.15) is 0 Å². The molecule has 0 spiro atoms. The summed E-state index contributed by atoms with van der Waals surface area (Å²) >= 11 is 0. The molecule has 1 saturated heterocycles. The number of hydrogen-bond donors (Lipinski definition) is 2. The fourth-order valence-corrected chi connectivity index (χ4v) is 2.01. The Kier molecular flexibility index (Phi) is 4.12. The van der Waals surface area contributed by atoms with Crippen molar-refractivity contribution in [3.63, 3.8) is 0 Å². The highest BCUT2D eigenvalue weighted by Gasteiger charge is 2.25. The molecule has 1 aliphatic heterocycles. The number of hydrogen-bond acceptors (Lipinski definition) is 3. The maximum atomic E-state index is 11.8. The average molecular weight is 233 g/mol. The van der Waals surface area contributed by atoms with E-state index in [1.165, 1.54) is 0 Å². The average Bonchev–Trinajstić information content (AvgIpc) is 2.86.